The molecule has 0 spiro atoms. The number of anilines is 1. The molecule has 3 N–H and O–H groups in total. The highest BCUT2D eigenvalue weighted by Gasteiger charge is 2.34. The first kappa shape index (κ1) is 12.4. The molecule has 94 valence electrons. The number of alkyl halides is 1. The molecule has 3 atom stereocenters. The van der Waals surface area contributed by atoms with Gasteiger partial charge in [-0.25, -0.2) is 4.39 Å². The van der Waals surface area contributed by atoms with Crippen LogP contribution in [0.3, 0.4) is 0 Å². The second kappa shape index (κ2) is 5.05. The fraction of sp³-hybridized carbons (Fsp3) is 0.571. The molecule has 1 aliphatic rings. The zero-order chi connectivity index (χ0) is 12.4. The molecule has 2 rings (SSSR count). The van der Waals surface area contributed by atoms with Crippen molar-refractivity contribution in [3.05, 3.63) is 29.8 Å². The molecule has 0 saturated heterocycles. The Morgan fingerprint density at radius 2 is 2.12 bits per heavy atom. The normalized spacial score (nSPS) is 22.1. The van der Waals surface area contributed by atoms with Crippen LogP contribution >= 0.6 is 0 Å². The summed E-state index contributed by atoms with van der Waals surface area (Å²) in [5.74, 6) is 0.210. The molecule has 1 aromatic rings. The van der Waals surface area contributed by atoms with Crippen LogP contribution in [0.25, 0.3) is 0 Å². The van der Waals surface area contributed by atoms with Crippen molar-refractivity contribution in [1.29, 1.82) is 0 Å². The van der Waals surface area contributed by atoms with Crippen LogP contribution in [0.4, 0.5) is 10.1 Å². The molecule has 0 amide bonds. The summed E-state index contributed by atoms with van der Waals surface area (Å²) in [7, 11) is 0. The van der Waals surface area contributed by atoms with E-state index in [1.54, 1.807) is 0 Å². The number of halogens is 1. The van der Waals surface area contributed by atoms with E-state index in [0.29, 0.717) is 6.54 Å². The van der Waals surface area contributed by atoms with Gasteiger partial charge in [0, 0.05) is 11.6 Å². The Balaban J connectivity index is 2.07. The van der Waals surface area contributed by atoms with Crippen molar-refractivity contribution < 1.29 is 4.39 Å². The van der Waals surface area contributed by atoms with Gasteiger partial charge in [0.25, 0.3) is 0 Å². The molecule has 0 radical (unpaired) electrons. The highest BCUT2D eigenvalue weighted by molar-refractivity contribution is 5.56. The summed E-state index contributed by atoms with van der Waals surface area (Å²) in [6.45, 7) is 4.48. The number of hydrogen-bond donors (Lipinski definition) is 2. The summed E-state index contributed by atoms with van der Waals surface area (Å²) in [5, 5.41) is 3.27. The van der Waals surface area contributed by atoms with Gasteiger partial charge in [0.05, 0.1) is 6.04 Å². The molecule has 2 nitrogen and oxygen atoms in total. The maximum absolute atomic E-state index is 14.4. The Labute approximate surface area is 102 Å². The minimum atomic E-state index is -0.882. The molecule has 0 aromatic heterocycles. The zero-order valence-corrected chi connectivity index (χ0v) is 10.5. The lowest BCUT2D eigenvalue weighted by Crippen LogP contribution is -2.40. The largest absolute Gasteiger partial charge is 0.379 e. The van der Waals surface area contributed by atoms with Crippen LogP contribution in [0, 0.1) is 11.8 Å². The number of benzene rings is 1. The number of hydrogen-bond acceptors (Lipinski definition) is 2. The minimum absolute atomic E-state index is 0.0678. The standard InChI is InChI=1S/C14H21FN2/c1-9(2)11(8-16)14(15)13-7-10-5-3-4-6-12(10)17-13/h3-6,9,11,13-14,17H,7-8,16H2,1-2H3. The summed E-state index contributed by atoms with van der Waals surface area (Å²) in [5.41, 5.74) is 7.96. The van der Waals surface area contributed by atoms with Crippen molar-refractivity contribution in [2.45, 2.75) is 32.5 Å². The maximum Gasteiger partial charge on any atom is 0.125 e. The molecule has 0 saturated carbocycles. The SMILES string of the molecule is CC(C)C(CN)C(F)C1Cc2ccccc2N1. The van der Waals surface area contributed by atoms with Crippen molar-refractivity contribution in [3.8, 4) is 0 Å². The Morgan fingerprint density at radius 3 is 2.71 bits per heavy atom. The highest BCUT2D eigenvalue weighted by atomic mass is 19.1. The van der Waals surface area contributed by atoms with Crippen LogP contribution in [0.1, 0.15) is 19.4 Å². The van der Waals surface area contributed by atoms with E-state index in [4.69, 9.17) is 5.73 Å². The molecule has 1 aliphatic heterocycles. The van der Waals surface area contributed by atoms with E-state index >= 15 is 0 Å². The van der Waals surface area contributed by atoms with Gasteiger partial charge in [0.2, 0.25) is 0 Å². The summed E-state index contributed by atoms with van der Waals surface area (Å²) >= 11 is 0. The topological polar surface area (TPSA) is 38.0 Å². The molecular formula is C14H21FN2. The Bertz CT molecular complexity index is 353. The highest BCUT2D eigenvalue weighted by Crippen LogP contribution is 2.31. The van der Waals surface area contributed by atoms with E-state index in [9.17, 15) is 4.39 Å². The van der Waals surface area contributed by atoms with Gasteiger partial charge in [-0.1, -0.05) is 32.0 Å². The van der Waals surface area contributed by atoms with E-state index in [1.165, 1.54) is 5.56 Å². The molecular weight excluding hydrogens is 215 g/mol. The molecule has 1 heterocycles. The lowest BCUT2D eigenvalue weighted by Gasteiger charge is -2.27. The third-order valence-electron chi connectivity index (χ3n) is 3.72. The minimum Gasteiger partial charge on any atom is -0.379 e. The number of fused-ring (bicyclic) bond motifs is 1. The van der Waals surface area contributed by atoms with Crippen LogP contribution in [0.15, 0.2) is 24.3 Å². The van der Waals surface area contributed by atoms with Crippen molar-refractivity contribution in [1.82, 2.24) is 0 Å². The monoisotopic (exact) mass is 236 g/mol. The van der Waals surface area contributed by atoms with E-state index in [1.807, 2.05) is 32.0 Å². The fourth-order valence-corrected chi connectivity index (χ4v) is 2.59. The van der Waals surface area contributed by atoms with Crippen molar-refractivity contribution >= 4 is 5.69 Å². The Morgan fingerprint density at radius 1 is 1.41 bits per heavy atom. The molecule has 1 aromatic carbocycles. The van der Waals surface area contributed by atoms with Gasteiger partial charge >= 0.3 is 0 Å². The lowest BCUT2D eigenvalue weighted by molar-refractivity contribution is 0.165. The molecule has 0 bridgehead atoms. The number of rotatable bonds is 4. The first-order valence-corrected chi connectivity index (χ1v) is 6.32. The van der Waals surface area contributed by atoms with Crippen molar-refractivity contribution in [2.24, 2.45) is 17.6 Å². The van der Waals surface area contributed by atoms with Crippen LogP contribution < -0.4 is 11.1 Å². The van der Waals surface area contributed by atoms with Gasteiger partial charge in [0.15, 0.2) is 0 Å². The van der Waals surface area contributed by atoms with E-state index in [-0.39, 0.29) is 17.9 Å². The maximum atomic E-state index is 14.4. The van der Waals surface area contributed by atoms with E-state index < -0.39 is 6.17 Å². The first-order valence-electron chi connectivity index (χ1n) is 6.32. The summed E-state index contributed by atoms with van der Waals surface area (Å²) in [6.07, 6.45) is -0.118. The Hall–Kier alpha value is -1.09. The fourth-order valence-electron chi connectivity index (χ4n) is 2.59. The third-order valence-corrected chi connectivity index (χ3v) is 3.72. The molecule has 0 aliphatic carbocycles. The second-order valence-corrected chi connectivity index (χ2v) is 5.20. The van der Waals surface area contributed by atoms with Gasteiger partial charge in [-0.05, 0) is 30.5 Å². The third kappa shape index (κ3) is 2.44. The Kier molecular flexibility index (Phi) is 3.67. The van der Waals surface area contributed by atoms with Crippen LogP contribution in [-0.4, -0.2) is 18.8 Å². The van der Waals surface area contributed by atoms with Crippen molar-refractivity contribution in [3.63, 3.8) is 0 Å². The van der Waals surface area contributed by atoms with Crippen molar-refractivity contribution in [2.75, 3.05) is 11.9 Å². The number of nitrogens with one attached hydrogen (secondary N) is 1. The van der Waals surface area contributed by atoms with Gasteiger partial charge in [-0.2, -0.15) is 0 Å². The summed E-state index contributed by atoms with van der Waals surface area (Å²) in [6, 6.07) is 7.92. The summed E-state index contributed by atoms with van der Waals surface area (Å²) < 4.78 is 14.4. The molecule has 17 heavy (non-hydrogen) atoms. The molecule has 3 unspecified atom stereocenters. The van der Waals surface area contributed by atoms with E-state index in [0.717, 1.165) is 12.1 Å². The number of nitrogens with two attached hydrogens (primary N) is 1. The average Bonchev–Trinajstić information content (AvgIpc) is 2.72. The van der Waals surface area contributed by atoms with Gasteiger partial charge in [-0.15, -0.1) is 0 Å². The average molecular weight is 236 g/mol. The van der Waals surface area contributed by atoms with Crippen LogP contribution in [0.5, 0.6) is 0 Å². The quantitative estimate of drug-likeness (QED) is 0.843. The van der Waals surface area contributed by atoms with Gasteiger partial charge < -0.3 is 11.1 Å². The number of para-hydroxylation sites is 1. The lowest BCUT2D eigenvalue weighted by atomic mass is 9.87. The first-order chi connectivity index (χ1) is 8.13. The molecule has 3 heteroatoms. The zero-order valence-electron chi connectivity index (χ0n) is 10.5. The summed E-state index contributed by atoms with van der Waals surface area (Å²) in [4.78, 5) is 0. The molecule has 0 fully saturated rings. The van der Waals surface area contributed by atoms with Crippen LogP contribution in [0.2, 0.25) is 0 Å². The predicted molar refractivity (Wildman–Crippen MR) is 69.8 cm³/mol. The van der Waals surface area contributed by atoms with Crippen LogP contribution in [-0.2, 0) is 6.42 Å². The van der Waals surface area contributed by atoms with Gasteiger partial charge in [-0.3, -0.25) is 0 Å². The van der Waals surface area contributed by atoms with E-state index in [2.05, 4.69) is 11.4 Å². The second-order valence-electron chi connectivity index (χ2n) is 5.20. The smallest absolute Gasteiger partial charge is 0.125 e. The predicted octanol–water partition coefficient (Wildman–Crippen LogP) is 2.59. The van der Waals surface area contributed by atoms with Gasteiger partial charge in [0.1, 0.15) is 6.17 Å².